The van der Waals surface area contributed by atoms with Crippen LogP contribution in [0.4, 0.5) is 0 Å². The van der Waals surface area contributed by atoms with Gasteiger partial charge in [-0.25, -0.2) is 0 Å². The van der Waals surface area contributed by atoms with Crippen molar-refractivity contribution < 1.29 is 0 Å². The van der Waals surface area contributed by atoms with E-state index >= 15 is 0 Å². The highest BCUT2D eigenvalue weighted by atomic mass is 79.9. The summed E-state index contributed by atoms with van der Waals surface area (Å²) in [5.74, 6) is 0. The fourth-order valence-corrected chi connectivity index (χ4v) is 3.10. The van der Waals surface area contributed by atoms with Crippen molar-refractivity contribution in [3.8, 4) is 0 Å². The Kier molecular flexibility index (Phi) is 6.02. The molecule has 1 saturated heterocycles. The van der Waals surface area contributed by atoms with E-state index in [1.54, 1.807) is 0 Å². The molecule has 1 atom stereocenters. The Morgan fingerprint density at radius 2 is 1.90 bits per heavy atom. The molecule has 0 amide bonds. The van der Waals surface area contributed by atoms with Crippen LogP contribution in [0, 0.1) is 0 Å². The Labute approximate surface area is 131 Å². The number of hydrogen-bond acceptors (Lipinski definition) is 3. The van der Waals surface area contributed by atoms with Crippen LogP contribution in [0.5, 0.6) is 0 Å². The molecule has 3 nitrogen and oxygen atoms in total. The zero-order valence-corrected chi connectivity index (χ0v) is 14.1. The van der Waals surface area contributed by atoms with Gasteiger partial charge in [0, 0.05) is 16.6 Å². The van der Waals surface area contributed by atoms with Gasteiger partial charge in [0.25, 0.3) is 0 Å². The molecule has 112 valence electrons. The lowest BCUT2D eigenvalue weighted by Gasteiger charge is -2.35. The first-order chi connectivity index (χ1) is 9.56. The molecule has 1 heterocycles. The first-order valence-electron chi connectivity index (χ1n) is 7.46. The molecule has 0 spiro atoms. The Hall–Kier alpha value is -0.420. The molecule has 2 rings (SSSR count). The van der Waals surface area contributed by atoms with E-state index in [0.29, 0.717) is 0 Å². The van der Waals surface area contributed by atoms with Gasteiger partial charge in [0.05, 0.1) is 0 Å². The fourth-order valence-electron chi connectivity index (χ4n) is 2.84. The Balaban J connectivity index is 1.77. The van der Waals surface area contributed by atoms with Crippen LogP contribution in [0.25, 0.3) is 0 Å². The lowest BCUT2D eigenvalue weighted by Crippen LogP contribution is -2.42. The van der Waals surface area contributed by atoms with Gasteiger partial charge in [0.1, 0.15) is 0 Å². The van der Waals surface area contributed by atoms with Gasteiger partial charge < -0.3 is 15.5 Å². The molecule has 0 saturated carbocycles. The summed E-state index contributed by atoms with van der Waals surface area (Å²) < 4.78 is 1.11. The summed E-state index contributed by atoms with van der Waals surface area (Å²) >= 11 is 3.46. The summed E-state index contributed by atoms with van der Waals surface area (Å²) in [5, 5.41) is 0. The zero-order valence-electron chi connectivity index (χ0n) is 12.6. The van der Waals surface area contributed by atoms with E-state index in [0.717, 1.165) is 23.5 Å². The Morgan fingerprint density at radius 3 is 2.50 bits per heavy atom. The molecule has 0 aromatic heterocycles. The van der Waals surface area contributed by atoms with Crippen LogP contribution >= 0.6 is 15.9 Å². The molecule has 1 fully saturated rings. The van der Waals surface area contributed by atoms with Crippen molar-refractivity contribution in [2.24, 2.45) is 5.73 Å². The SMILES string of the molecule is CN1CCC(N(C)CCC(N)c2ccc(Br)cc2)CC1. The van der Waals surface area contributed by atoms with Crippen molar-refractivity contribution in [2.45, 2.75) is 31.3 Å². The molecule has 1 aromatic carbocycles. The Morgan fingerprint density at radius 1 is 1.30 bits per heavy atom. The number of likely N-dealkylation sites (tertiary alicyclic amines) is 1. The van der Waals surface area contributed by atoms with E-state index in [1.807, 2.05) is 0 Å². The number of nitrogens with two attached hydrogens (primary N) is 1. The predicted molar refractivity (Wildman–Crippen MR) is 88.8 cm³/mol. The van der Waals surface area contributed by atoms with Crippen LogP contribution in [0.2, 0.25) is 0 Å². The number of nitrogens with zero attached hydrogens (tertiary/aromatic N) is 2. The average Bonchev–Trinajstić information content (AvgIpc) is 2.46. The number of benzene rings is 1. The van der Waals surface area contributed by atoms with Gasteiger partial charge in [-0.15, -0.1) is 0 Å². The lowest BCUT2D eigenvalue weighted by atomic mass is 10.0. The monoisotopic (exact) mass is 339 g/mol. The summed E-state index contributed by atoms with van der Waals surface area (Å²) in [5.41, 5.74) is 7.52. The van der Waals surface area contributed by atoms with Gasteiger partial charge in [-0.2, -0.15) is 0 Å². The van der Waals surface area contributed by atoms with Gasteiger partial charge >= 0.3 is 0 Å². The van der Waals surface area contributed by atoms with Gasteiger partial charge in [-0.1, -0.05) is 28.1 Å². The smallest absolute Gasteiger partial charge is 0.0307 e. The average molecular weight is 340 g/mol. The van der Waals surface area contributed by atoms with E-state index in [-0.39, 0.29) is 6.04 Å². The van der Waals surface area contributed by atoms with Crippen LogP contribution in [0.3, 0.4) is 0 Å². The normalized spacial score (nSPS) is 19.4. The molecule has 1 unspecified atom stereocenters. The number of hydrogen-bond donors (Lipinski definition) is 1. The molecule has 1 aromatic rings. The highest BCUT2D eigenvalue weighted by molar-refractivity contribution is 9.10. The van der Waals surface area contributed by atoms with Crippen LogP contribution in [-0.4, -0.2) is 49.6 Å². The van der Waals surface area contributed by atoms with Crippen LogP contribution in [0.1, 0.15) is 30.9 Å². The summed E-state index contributed by atoms with van der Waals surface area (Å²) in [6.07, 6.45) is 3.57. The molecule has 20 heavy (non-hydrogen) atoms. The molecule has 0 aliphatic carbocycles. The highest BCUT2D eigenvalue weighted by Gasteiger charge is 2.20. The predicted octanol–water partition coefficient (Wildman–Crippen LogP) is 2.87. The topological polar surface area (TPSA) is 32.5 Å². The van der Waals surface area contributed by atoms with Crippen molar-refractivity contribution >= 4 is 15.9 Å². The van der Waals surface area contributed by atoms with E-state index in [4.69, 9.17) is 5.73 Å². The second kappa shape index (κ2) is 7.55. The maximum atomic E-state index is 6.29. The third-order valence-electron chi connectivity index (χ3n) is 4.40. The summed E-state index contributed by atoms with van der Waals surface area (Å²) in [6, 6.07) is 9.22. The molecule has 1 aliphatic rings. The van der Waals surface area contributed by atoms with Gasteiger partial charge in [0.2, 0.25) is 0 Å². The van der Waals surface area contributed by atoms with E-state index in [1.165, 1.54) is 31.5 Å². The summed E-state index contributed by atoms with van der Waals surface area (Å²) in [6.45, 7) is 3.51. The molecule has 2 N–H and O–H groups in total. The van der Waals surface area contributed by atoms with Crippen LogP contribution in [0.15, 0.2) is 28.7 Å². The van der Waals surface area contributed by atoms with Gasteiger partial charge in [0.15, 0.2) is 0 Å². The minimum atomic E-state index is 0.136. The third kappa shape index (κ3) is 4.55. The second-order valence-corrected chi connectivity index (χ2v) is 6.88. The maximum Gasteiger partial charge on any atom is 0.0307 e. The highest BCUT2D eigenvalue weighted by Crippen LogP contribution is 2.19. The van der Waals surface area contributed by atoms with Crippen molar-refractivity contribution in [2.75, 3.05) is 33.7 Å². The maximum absolute atomic E-state index is 6.29. The third-order valence-corrected chi connectivity index (χ3v) is 4.93. The van der Waals surface area contributed by atoms with Gasteiger partial charge in [-0.05, 0) is 70.7 Å². The number of halogens is 1. The lowest BCUT2D eigenvalue weighted by molar-refractivity contribution is 0.141. The minimum absolute atomic E-state index is 0.136. The van der Waals surface area contributed by atoms with Crippen LogP contribution < -0.4 is 5.73 Å². The molecule has 0 radical (unpaired) electrons. The summed E-state index contributed by atoms with van der Waals surface area (Å²) in [4.78, 5) is 4.91. The van der Waals surface area contributed by atoms with E-state index < -0.39 is 0 Å². The molecule has 1 aliphatic heterocycles. The minimum Gasteiger partial charge on any atom is -0.324 e. The van der Waals surface area contributed by atoms with Crippen molar-refractivity contribution in [1.82, 2.24) is 9.80 Å². The Bertz CT molecular complexity index is 399. The van der Waals surface area contributed by atoms with Crippen molar-refractivity contribution in [3.63, 3.8) is 0 Å². The fraction of sp³-hybridized carbons (Fsp3) is 0.625. The molecule has 0 bridgehead atoms. The first-order valence-corrected chi connectivity index (χ1v) is 8.25. The molecular weight excluding hydrogens is 314 g/mol. The zero-order chi connectivity index (χ0) is 14.5. The largest absolute Gasteiger partial charge is 0.324 e. The van der Waals surface area contributed by atoms with Crippen molar-refractivity contribution in [3.05, 3.63) is 34.3 Å². The number of piperidine rings is 1. The molecular formula is C16H26BrN3. The standard InChI is InChI=1S/C16H26BrN3/c1-19-10-7-15(8-11-19)20(2)12-9-16(18)13-3-5-14(17)6-4-13/h3-6,15-16H,7-12,18H2,1-2H3. The second-order valence-electron chi connectivity index (χ2n) is 5.96. The van der Waals surface area contributed by atoms with Crippen molar-refractivity contribution in [1.29, 1.82) is 0 Å². The summed E-state index contributed by atoms with van der Waals surface area (Å²) in [7, 11) is 4.45. The molecule has 4 heteroatoms. The quantitative estimate of drug-likeness (QED) is 0.895. The first kappa shape index (κ1) is 16.0. The van der Waals surface area contributed by atoms with E-state index in [9.17, 15) is 0 Å². The van der Waals surface area contributed by atoms with E-state index in [2.05, 4.69) is 64.1 Å². The van der Waals surface area contributed by atoms with Gasteiger partial charge in [-0.3, -0.25) is 0 Å². The van der Waals surface area contributed by atoms with Crippen LogP contribution in [-0.2, 0) is 0 Å². The number of rotatable bonds is 5.